The van der Waals surface area contributed by atoms with Gasteiger partial charge in [0.15, 0.2) is 0 Å². The van der Waals surface area contributed by atoms with Gasteiger partial charge in [0.1, 0.15) is 0 Å². The van der Waals surface area contributed by atoms with Crippen LogP contribution in [0.1, 0.15) is 30.0 Å². The third-order valence-electron chi connectivity index (χ3n) is 5.47. The fourth-order valence-electron chi connectivity index (χ4n) is 3.95. The highest BCUT2D eigenvalue weighted by Gasteiger charge is 2.22. The standard InChI is InChI=1S/C27H30N2O2/c1-7-22(27(31-6)29-15-14-21(17-20(29)4)26(30)28-5)24-10-8-9-11-25(24)23-13-12-18(2)16-19(23)3/h8-17H,4,7H2,1-3,5-6H3,(H,28,30)/b27-22-. The summed E-state index contributed by atoms with van der Waals surface area (Å²) in [6.07, 6.45) is 6.15. The first-order chi connectivity index (χ1) is 14.9. The van der Waals surface area contributed by atoms with Gasteiger partial charge in [0.05, 0.1) is 7.11 Å². The second-order valence-electron chi connectivity index (χ2n) is 7.56. The maximum Gasteiger partial charge on any atom is 0.251 e. The average molecular weight is 415 g/mol. The first-order valence-electron chi connectivity index (χ1n) is 10.5. The van der Waals surface area contributed by atoms with Gasteiger partial charge < -0.3 is 10.1 Å². The summed E-state index contributed by atoms with van der Waals surface area (Å²) in [6.45, 7) is 10.5. The topological polar surface area (TPSA) is 41.6 Å². The van der Waals surface area contributed by atoms with Crippen LogP contribution in [0.15, 0.2) is 84.5 Å². The quantitative estimate of drug-likeness (QED) is 0.616. The number of hydrogen-bond acceptors (Lipinski definition) is 3. The lowest BCUT2D eigenvalue weighted by Gasteiger charge is -2.28. The molecule has 0 fully saturated rings. The van der Waals surface area contributed by atoms with Crippen molar-refractivity contribution in [1.29, 1.82) is 0 Å². The molecule has 3 rings (SSSR count). The molecule has 1 amide bonds. The minimum Gasteiger partial charge on any atom is -0.482 e. The number of hydrogen-bond donors (Lipinski definition) is 1. The predicted octanol–water partition coefficient (Wildman–Crippen LogP) is 5.71. The molecule has 0 unspecified atom stereocenters. The Hall–Kier alpha value is -3.53. The summed E-state index contributed by atoms with van der Waals surface area (Å²) in [6, 6.07) is 14.9. The van der Waals surface area contributed by atoms with Crippen molar-refractivity contribution in [3.05, 3.63) is 101 Å². The third-order valence-corrected chi connectivity index (χ3v) is 5.47. The van der Waals surface area contributed by atoms with E-state index in [2.05, 4.69) is 75.1 Å². The normalized spacial score (nSPS) is 14.2. The molecule has 2 aromatic carbocycles. The van der Waals surface area contributed by atoms with Crippen molar-refractivity contribution in [3.63, 3.8) is 0 Å². The zero-order valence-electron chi connectivity index (χ0n) is 19.0. The predicted molar refractivity (Wildman–Crippen MR) is 128 cm³/mol. The summed E-state index contributed by atoms with van der Waals surface area (Å²) >= 11 is 0. The van der Waals surface area contributed by atoms with Crippen LogP contribution in [0.25, 0.3) is 16.7 Å². The van der Waals surface area contributed by atoms with Crippen LogP contribution in [0.4, 0.5) is 0 Å². The van der Waals surface area contributed by atoms with Crippen LogP contribution in [0.5, 0.6) is 0 Å². The van der Waals surface area contributed by atoms with Crippen LogP contribution >= 0.6 is 0 Å². The van der Waals surface area contributed by atoms with E-state index < -0.39 is 0 Å². The summed E-state index contributed by atoms with van der Waals surface area (Å²) in [7, 11) is 3.29. The van der Waals surface area contributed by atoms with Gasteiger partial charge in [-0.25, -0.2) is 0 Å². The Balaban J connectivity index is 2.13. The lowest BCUT2D eigenvalue weighted by Crippen LogP contribution is -2.25. The van der Waals surface area contributed by atoms with E-state index in [1.165, 1.54) is 22.3 Å². The van der Waals surface area contributed by atoms with Gasteiger partial charge in [0.25, 0.3) is 5.91 Å². The Kier molecular flexibility index (Phi) is 6.81. The number of carbonyl (C=O) groups excluding carboxylic acids is 1. The van der Waals surface area contributed by atoms with Crippen LogP contribution in [0.3, 0.4) is 0 Å². The van der Waals surface area contributed by atoms with E-state index in [0.29, 0.717) is 17.2 Å². The molecule has 0 aromatic heterocycles. The van der Waals surface area contributed by atoms with Gasteiger partial charge in [0.2, 0.25) is 5.88 Å². The Bertz CT molecular complexity index is 1110. The first-order valence-corrected chi connectivity index (χ1v) is 10.5. The number of ether oxygens (including phenoxy) is 1. The van der Waals surface area contributed by atoms with Crippen molar-refractivity contribution in [2.24, 2.45) is 0 Å². The fraction of sp³-hybridized carbons (Fsp3) is 0.222. The Morgan fingerprint density at radius 3 is 2.48 bits per heavy atom. The highest BCUT2D eigenvalue weighted by Crippen LogP contribution is 2.36. The zero-order chi connectivity index (χ0) is 22.5. The van der Waals surface area contributed by atoms with Crippen LogP contribution in [-0.2, 0) is 9.53 Å². The monoisotopic (exact) mass is 414 g/mol. The van der Waals surface area contributed by atoms with Gasteiger partial charge in [-0.05, 0) is 54.7 Å². The summed E-state index contributed by atoms with van der Waals surface area (Å²) in [4.78, 5) is 13.9. The molecular formula is C27H30N2O2. The summed E-state index contributed by atoms with van der Waals surface area (Å²) in [5.74, 6) is 0.559. The zero-order valence-corrected chi connectivity index (χ0v) is 19.0. The largest absolute Gasteiger partial charge is 0.482 e. The lowest BCUT2D eigenvalue weighted by atomic mass is 9.90. The molecule has 4 nitrogen and oxygen atoms in total. The molecule has 1 heterocycles. The van der Waals surface area contributed by atoms with E-state index in [1.807, 2.05) is 11.1 Å². The van der Waals surface area contributed by atoms with E-state index in [9.17, 15) is 4.79 Å². The molecule has 4 heteroatoms. The minimum atomic E-state index is -0.143. The average Bonchev–Trinajstić information content (AvgIpc) is 2.77. The van der Waals surface area contributed by atoms with Gasteiger partial charge in [-0.2, -0.15) is 0 Å². The van der Waals surface area contributed by atoms with Crippen molar-refractivity contribution in [1.82, 2.24) is 10.2 Å². The van der Waals surface area contributed by atoms with Crippen LogP contribution in [0.2, 0.25) is 0 Å². The molecule has 1 aliphatic heterocycles. The SMILES string of the molecule is C=C1C=C(C(=O)NC)C=CN1/C(OC)=C(\CC)c1ccccc1-c1ccc(C)cc1C. The molecule has 1 aliphatic rings. The van der Waals surface area contributed by atoms with Crippen LogP contribution in [-0.4, -0.2) is 25.0 Å². The second-order valence-corrected chi connectivity index (χ2v) is 7.56. The molecule has 0 bridgehead atoms. The fourth-order valence-corrected chi connectivity index (χ4v) is 3.95. The molecule has 0 saturated carbocycles. The van der Waals surface area contributed by atoms with E-state index in [4.69, 9.17) is 4.74 Å². The molecule has 31 heavy (non-hydrogen) atoms. The van der Waals surface area contributed by atoms with E-state index in [-0.39, 0.29) is 5.91 Å². The van der Waals surface area contributed by atoms with Gasteiger partial charge in [-0.15, -0.1) is 0 Å². The first kappa shape index (κ1) is 22.2. The maximum atomic E-state index is 12.0. The molecule has 0 atom stereocenters. The van der Waals surface area contributed by atoms with Crippen molar-refractivity contribution >= 4 is 11.5 Å². The van der Waals surface area contributed by atoms with E-state index >= 15 is 0 Å². The number of allylic oxidation sites excluding steroid dienone is 2. The van der Waals surface area contributed by atoms with Crippen molar-refractivity contribution in [2.75, 3.05) is 14.2 Å². The molecule has 0 aliphatic carbocycles. The molecule has 0 saturated heterocycles. The highest BCUT2D eigenvalue weighted by molar-refractivity contribution is 5.96. The van der Waals surface area contributed by atoms with E-state index in [1.54, 1.807) is 26.3 Å². The second kappa shape index (κ2) is 9.52. The van der Waals surface area contributed by atoms with Gasteiger partial charge in [-0.1, -0.05) is 61.5 Å². The van der Waals surface area contributed by atoms with Crippen molar-refractivity contribution in [2.45, 2.75) is 27.2 Å². The van der Waals surface area contributed by atoms with Gasteiger partial charge >= 0.3 is 0 Å². The number of methoxy groups -OCH3 is 1. The number of rotatable bonds is 6. The minimum absolute atomic E-state index is 0.143. The smallest absolute Gasteiger partial charge is 0.251 e. The Morgan fingerprint density at radius 2 is 1.87 bits per heavy atom. The summed E-state index contributed by atoms with van der Waals surface area (Å²) < 4.78 is 5.89. The Morgan fingerprint density at radius 1 is 1.13 bits per heavy atom. The number of carbonyl (C=O) groups is 1. The van der Waals surface area contributed by atoms with Gasteiger partial charge in [-0.3, -0.25) is 9.69 Å². The van der Waals surface area contributed by atoms with Crippen molar-refractivity contribution in [3.8, 4) is 11.1 Å². The number of amides is 1. The molecule has 2 aromatic rings. The lowest BCUT2D eigenvalue weighted by molar-refractivity contribution is -0.116. The number of benzene rings is 2. The summed E-state index contributed by atoms with van der Waals surface area (Å²) in [5, 5.41) is 2.65. The molecular weight excluding hydrogens is 384 g/mol. The van der Waals surface area contributed by atoms with Crippen LogP contribution in [0, 0.1) is 13.8 Å². The van der Waals surface area contributed by atoms with E-state index in [0.717, 1.165) is 17.6 Å². The third kappa shape index (κ3) is 4.48. The Labute approximate surface area is 185 Å². The number of nitrogens with one attached hydrogen (secondary N) is 1. The highest BCUT2D eigenvalue weighted by atomic mass is 16.5. The van der Waals surface area contributed by atoms with Crippen molar-refractivity contribution < 1.29 is 9.53 Å². The van der Waals surface area contributed by atoms with Gasteiger partial charge in [0, 0.05) is 30.1 Å². The maximum absolute atomic E-state index is 12.0. The molecule has 0 spiro atoms. The summed E-state index contributed by atoms with van der Waals surface area (Å²) in [5.41, 5.74) is 8.29. The number of likely N-dealkylation sites (N-methyl/N-ethyl adjacent to an activating group) is 1. The number of nitrogens with zero attached hydrogens (tertiary/aromatic N) is 1. The molecule has 1 N–H and O–H groups in total. The molecule has 160 valence electrons. The number of aryl methyl sites for hydroxylation is 2. The molecule has 0 radical (unpaired) electrons. The van der Waals surface area contributed by atoms with Crippen LogP contribution < -0.4 is 5.32 Å².